The molecule has 1 saturated heterocycles. The van der Waals surface area contributed by atoms with Crippen molar-refractivity contribution in [3.05, 3.63) is 34.4 Å². The van der Waals surface area contributed by atoms with Gasteiger partial charge in [-0.15, -0.1) is 0 Å². The van der Waals surface area contributed by atoms with Gasteiger partial charge < -0.3 is 14.4 Å². The molecule has 0 N–H and O–H groups in total. The second kappa shape index (κ2) is 5.46. The summed E-state index contributed by atoms with van der Waals surface area (Å²) in [6, 6.07) is 5.42. The lowest BCUT2D eigenvalue weighted by atomic mass is 10.1. The standard InChI is InChI=1S/C15H16ClNO3/c1-10-8-17(4-5-19-10)15(18)12-6-11-7-13(16)2-3-14(11)20-9-12/h2-3,6-7,10H,4-5,8-9H2,1H3. The van der Waals surface area contributed by atoms with Crippen LogP contribution in [0.15, 0.2) is 23.8 Å². The second-order valence-corrected chi connectivity index (χ2v) is 5.51. The van der Waals surface area contributed by atoms with Crippen molar-refractivity contribution < 1.29 is 14.3 Å². The summed E-state index contributed by atoms with van der Waals surface area (Å²) in [6.45, 7) is 4.12. The van der Waals surface area contributed by atoms with Crippen LogP contribution < -0.4 is 4.74 Å². The number of carbonyl (C=O) groups is 1. The first-order valence-corrected chi connectivity index (χ1v) is 7.05. The van der Waals surface area contributed by atoms with E-state index in [1.807, 2.05) is 30.0 Å². The zero-order valence-electron chi connectivity index (χ0n) is 11.3. The highest BCUT2D eigenvalue weighted by molar-refractivity contribution is 6.30. The molecule has 1 fully saturated rings. The van der Waals surface area contributed by atoms with Crippen molar-refractivity contribution >= 4 is 23.6 Å². The Labute approximate surface area is 122 Å². The van der Waals surface area contributed by atoms with E-state index in [4.69, 9.17) is 21.1 Å². The molecule has 2 aliphatic heterocycles. The number of carbonyl (C=O) groups excluding carboxylic acids is 1. The van der Waals surface area contributed by atoms with Crippen LogP contribution in [-0.4, -0.2) is 43.2 Å². The summed E-state index contributed by atoms with van der Waals surface area (Å²) >= 11 is 5.98. The third-order valence-corrected chi connectivity index (χ3v) is 3.72. The molecule has 0 aromatic heterocycles. The largest absolute Gasteiger partial charge is 0.488 e. The molecule has 1 aromatic rings. The molecule has 1 amide bonds. The molecular formula is C15H16ClNO3. The predicted molar refractivity (Wildman–Crippen MR) is 76.9 cm³/mol. The third kappa shape index (κ3) is 2.67. The molecule has 0 radical (unpaired) electrons. The zero-order valence-corrected chi connectivity index (χ0v) is 12.0. The fourth-order valence-electron chi connectivity index (χ4n) is 2.48. The van der Waals surface area contributed by atoms with Crippen LogP contribution in [0.3, 0.4) is 0 Å². The number of hydrogen-bond donors (Lipinski definition) is 0. The number of fused-ring (bicyclic) bond motifs is 1. The summed E-state index contributed by atoms with van der Waals surface area (Å²) in [5.74, 6) is 0.784. The van der Waals surface area contributed by atoms with E-state index in [0.29, 0.717) is 36.9 Å². The van der Waals surface area contributed by atoms with Crippen LogP contribution in [0, 0.1) is 0 Å². The highest BCUT2D eigenvalue weighted by Crippen LogP contribution is 2.29. The van der Waals surface area contributed by atoms with Crippen LogP contribution in [0.1, 0.15) is 12.5 Å². The SMILES string of the molecule is CC1CN(C(=O)C2=Cc3cc(Cl)ccc3OC2)CCO1. The van der Waals surface area contributed by atoms with Gasteiger partial charge in [-0.3, -0.25) is 4.79 Å². The van der Waals surface area contributed by atoms with Crippen LogP contribution in [0.4, 0.5) is 0 Å². The van der Waals surface area contributed by atoms with Gasteiger partial charge in [0.25, 0.3) is 5.91 Å². The molecule has 3 rings (SSSR count). The molecule has 0 aliphatic carbocycles. The minimum atomic E-state index is 0.0192. The molecule has 2 heterocycles. The van der Waals surface area contributed by atoms with E-state index in [0.717, 1.165) is 11.3 Å². The number of hydrogen-bond acceptors (Lipinski definition) is 3. The lowest BCUT2D eigenvalue weighted by Crippen LogP contribution is -2.45. The first-order chi connectivity index (χ1) is 9.63. The molecule has 1 aromatic carbocycles. The molecule has 0 saturated carbocycles. The summed E-state index contributed by atoms with van der Waals surface area (Å²) in [5, 5.41) is 0.636. The molecule has 5 heteroatoms. The highest BCUT2D eigenvalue weighted by atomic mass is 35.5. The van der Waals surface area contributed by atoms with Gasteiger partial charge in [-0.2, -0.15) is 0 Å². The number of ether oxygens (including phenoxy) is 2. The lowest BCUT2D eigenvalue weighted by Gasteiger charge is -2.32. The van der Waals surface area contributed by atoms with Gasteiger partial charge in [0.05, 0.1) is 18.3 Å². The van der Waals surface area contributed by atoms with Crippen molar-refractivity contribution in [2.75, 3.05) is 26.3 Å². The average Bonchev–Trinajstić information content (AvgIpc) is 2.45. The Hall–Kier alpha value is -1.52. The van der Waals surface area contributed by atoms with Crippen LogP contribution >= 0.6 is 11.6 Å². The second-order valence-electron chi connectivity index (χ2n) is 5.07. The summed E-state index contributed by atoms with van der Waals surface area (Å²) < 4.78 is 11.1. The van der Waals surface area contributed by atoms with Crippen molar-refractivity contribution in [2.45, 2.75) is 13.0 Å². The van der Waals surface area contributed by atoms with Crippen LogP contribution in [0.25, 0.3) is 6.08 Å². The topological polar surface area (TPSA) is 38.8 Å². The van der Waals surface area contributed by atoms with Gasteiger partial charge in [-0.25, -0.2) is 0 Å². The Bertz CT molecular complexity index is 570. The molecule has 1 unspecified atom stereocenters. The molecule has 0 bridgehead atoms. The minimum absolute atomic E-state index is 0.0192. The van der Waals surface area contributed by atoms with E-state index < -0.39 is 0 Å². The van der Waals surface area contributed by atoms with Gasteiger partial charge >= 0.3 is 0 Å². The van der Waals surface area contributed by atoms with E-state index in [9.17, 15) is 4.79 Å². The van der Waals surface area contributed by atoms with Gasteiger partial charge in [0.15, 0.2) is 0 Å². The summed E-state index contributed by atoms with van der Waals surface area (Å²) in [7, 11) is 0. The average molecular weight is 294 g/mol. The maximum absolute atomic E-state index is 12.5. The van der Waals surface area contributed by atoms with Crippen molar-refractivity contribution in [1.82, 2.24) is 4.90 Å². The number of rotatable bonds is 1. The zero-order chi connectivity index (χ0) is 14.1. The Morgan fingerprint density at radius 3 is 3.10 bits per heavy atom. The maximum atomic E-state index is 12.5. The minimum Gasteiger partial charge on any atom is -0.488 e. The molecule has 0 spiro atoms. The van der Waals surface area contributed by atoms with Crippen LogP contribution in [0.2, 0.25) is 5.02 Å². The maximum Gasteiger partial charge on any atom is 0.253 e. The number of halogens is 1. The monoisotopic (exact) mass is 293 g/mol. The quantitative estimate of drug-likeness (QED) is 0.798. The Morgan fingerprint density at radius 2 is 2.30 bits per heavy atom. The third-order valence-electron chi connectivity index (χ3n) is 3.49. The smallest absolute Gasteiger partial charge is 0.253 e. The molecule has 20 heavy (non-hydrogen) atoms. The number of benzene rings is 1. The van der Waals surface area contributed by atoms with Gasteiger partial charge in [0.2, 0.25) is 0 Å². The van der Waals surface area contributed by atoms with Crippen molar-refractivity contribution in [1.29, 1.82) is 0 Å². The fourth-order valence-corrected chi connectivity index (χ4v) is 2.66. The van der Waals surface area contributed by atoms with E-state index in [2.05, 4.69) is 0 Å². The van der Waals surface area contributed by atoms with Gasteiger partial charge in [-0.1, -0.05) is 11.6 Å². The summed E-state index contributed by atoms with van der Waals surface area (Å²) in [6.07, 6.45) is 1.95. The van der Waals surface area contributed by atoms with Crippen molar-refractivity contribution in [3.8, 4) is 5.75 Å². The van der Waals surface area contributed by atoms with Crippen molar-refractivity contribution in [2.24, 2.45) is 0 Å². The summed E-state index contributed by atoms with van der Waals surface area (Å²) in [5.41, 5.74) is 1.52. The van der Waals surface area contributed by atoms with Crippen LogP contribution in [0.5, 0.6) is 5.75 Å². The van der Waals surface area contributed by atoms with E-state index in [-0.39, 0.29) is 12.0 Å². The first kappa shape index (κ1) is 13.5. The lowest BCUT2D eigenvalue weighted by molar-refractivity contribution is -0.134. The van der Waals surface area contributed by atoms with Gasteiger partial charge in [0.1, 0.15) is 12.4 Å². The predicted octanol–water partition coefficient (Wildman–Crippen LogP) is 2.36. The van der Waals surface area contributed by atoms with Gasteiger partial charge in [0, 0.05) is 23.7 Å². The first-order valence-electron chi connectivity index (χ1n) is 6.67. The normalized spacial score (nSPS) is 21.8. The molecule has 4 nitrogen and oxygen atoms in total. The molecule has 1 atom stereocenters. The molecule has 106 valence electrons. The number of amides is 1. The number of nitrogens with zero attached hydrogens (tertiary/aromatic N) is 1. The van der Waals surface area contributed by atoms with E-state index in [1.165, 1.54) is 0 Å². The molecular weight excluding hydrogens is 278 g/mol. The molecule has 2 aliphatic rings. The fraction of sp³-hybridized carbons (Fsp3) is 0.400. The van der Waals surface area contributed by atoms with E-state index >= 15 is 0 Å². The number of morpholine rings is 1. The Morgan fingerprint density at radius 1 is 1.45 bits per heavy atom. The Balaban J connectivity index is 1.82. The van der Waals surface area contributed by atoms with Crippen LogP contribution in [-0.2, 0) is 9.53 Å². The highest BCUT2D eigenvalue weighted by Gasteiger charge is 2.26. The summed E-state index contributed by atoms with van der Waals surface area (Å²) in [4.78, 5) is 14.3. The van der Waals surface area contributed by atoms with Crippen molar-refractivity contribution in [3.63, 3.8) is 0 Å². The van der Waals surface area contributed by atoms with Gasteiger partial charge in [-0.05, 0) is 31.2 Å². The Kier molecular flexibility index (Phi) is 3.68. The van der Waals surface area contributed by atoms with E-state index in [1.54, 1.807) is 6.07 Å².